The predicted molar refractivity (Wildman–Crippen MR) is 82.5 cm³/mol. The van der Waals surface area contributed by atoms with E-state index in [0.29, 0.717) is 5.69 Å². The van der Waals surface area contributed by atoms with Gasteiger partial charge in [0, 0.05) is 29.9 Å². The third-order valence-electron chi connectivity index (χ3n) is 3.47. The predicted octanol–water partition coefficient (Wildman–Crippen LogP) is 2.36. The molecule has 7 nitrogen and oxygen atoms in total. The lowest BCUT2D eigenvalue weighted by Crippen LogP contribution is -2.14. The van der Waals surface area contributed by atoms with Gasteiger partial charge in [-0.05, 0) is 30.7 Å². The van der Waals surface area contributed by atoms with E-state index < -0.39 is 14.9 Å². The summed E-state index contributed by atoms with van der Waals surface area (Å²) in [5, 5.41) is 13.8. The van der Waals surface area contributed by atoms with Gasteiger partial charge in [0.15, 0.2) is 0 Å². The van der Waals surface area contributed by atoms with Crippen LogP contribution in [0.1, 0.15) is 5.56 Å². The van der Waals surface area contributed by atoms with Crippen molar-refractivity contribution in [2.45, 2.75) is 11.3 Å². The lowest BCUT2D eigenvalue weighted by atomic mass is 10.1. The van der Waals surface area contributed by atoms with Crippen molar-refractivity contribution in [2.75, 3.05) is 16.6 Å². The first-order valence-corrected chi connectivity index (χ1v) is 8.09. The van der Waals surface area contributed by atoms with Crippen LogP contribution in [0.15, 0.2) is 47.4 Å². The van der Waals surface area contributed by atoms with Crippen molar-refractivity contribution in [1.29, 1.82) is 0 Å². The summed E-state index contributed by atoms with van der Waals surface area (Å²) in [7, 11) is -3.78. The van der Waals surface area contributed by atoms with Gasteiger partial charge in [0.2, 0.25) is 0 Å². The molecule has 0 bridgehead atoms. The standard InChI is InChI=1S/C14H13N3O4S/c18-17(19)10-4-6-11(7-5-10)22(20,21)16-14-3-1-2-13-12(14)8-9-15-13/h1-7,15-16H,8-9H2. The van der Waals surface area contributed by atoms with Gasteiger partial charge in [-0.1, -0.05) is 6.07 Å². The van der Waals surface area contributed by atoms with Crippen molar-refractivity contribution >= 4 is 27.1 Å². The van der Waals surface area contributed by atoms with E-state index in [2.05, 4.69) is 10.0 Å². The minimum Gasteiger partial charge on any atom is -0.384 e. The zero-order valence-electron chi connectivity index (χ0n) is 11.4. The molecule has 0 atom stereocenters. The topological polar surface area (TPSA) is 101 Å². The highest BCUT2D eigenvalue weighted by atomic mass is 32.2. The largest absolute Gasteiger partial charge is 0.384 e. The molecule has 2 aromatic rings. The average Bonchev–Trinajstić information content (AvgIpc) is 2.96. The molecule has 1 aliphatic heterocycles. The third-order valence-corrected chi connectivity index (χ3v) is 4.85. The Morgan fingerprint density at radius 2 is 1.86 bits per heavy atom. The van der Waals surface area contributed by atoms with Crippen LogP contribution in [0, 0.1) is 10.1 Å². The molecule has 0 amide bonds. The van der Waals surface area contributed by atoms with Gasteiger partial charge in [-0.25, -0.2) is 8.42 Å². The number of non-ortho nitro benzene ring substituents is 1. The molecular formula is C14H13N3O4S. The quantitative estimate of drug-likeness (QED) is 0.665. The summed E-state index contributed by atoms with van der Waals surface area (Å²) in [4.78, 5) is 10.0. The molecule has 0 spiro atoms. The van der Waals surface area contributed by atoms with Crippen molar-refractivity contribution in [1.82, 2.24) is 0 Å². The van der Waals surface area contributed by atoms with Gasteiger partial charge in [0.25, 0.3) is 15.7 Å². The van der Waals surface area contributed by atoms with Gasteiger partial charge in [-0.15, -0.1) is 0 Å². The Morgan fingerprint density at radius 1 is 1.14 bits per heavy atom. The van der Waals surface area contributed by atoms with Crippen LogP contribution in [0.4, 0.5) is 17.1 Å². The van der Waals surface area contributed by atoms with Crippen molar-refractivity contribution in [2.24, 2.45) is 0 Å². The number of hydrogen-bond acceptors (Lipinski definition) is 5. The van der Waals surface area contributed by atoms with Crippen molar-refractivity contribution in [3.8, 4) is 0 Å². The first-order valence-electron chi connectivity index (χ1n) is 6.60. The highest BCUT2D eigenvalue weighted by Crippen LogP contribution is 2.30. The van der Waals surface area contributed by atoms with Crippen LogP contribution < -0.4 is 10.0 Å². The Labute approximate surface area is 127 Å². The van der Waals surface area contributed by atoms with Crippen molar-refractivity contribution in [3.63, 3.8) is 0 Å². The second kappa shape index (κ2) is 5.30. The van der Waals surface area contributed by atoms with Gasteiger partial charge >= 0.3 is 0 Å². The number of rotatable bonds is 4. The van der Waals surface area contributed by atoms with E-state index >= 15 is 0 Å². The number of benzene rings is 2. The molecule has 0 saturated heterocycles. The summed E-state index contributed by atoms with van der Waals surface area (Å²) in [5.41, 5.74) is 2.22. The molecule has 0 aromatic heterocycles. The van der Waals surface area contributed by atoms with Crippen LogP contribution in [0.3, 0.4) is 0 Å². The molecular weight excluding hydrogens is 306 g/mol. The Bertz CT molecular complexity index is 832. The molecule has 0 aliphatic carbocycles. The average molecular weight is 319 g/mol. The van der Waals surface area contributed by atoms with Crippen LogP contribution in [0.5, 0.6) is 0 Å². The fourth-order valence-electron chi connectivity index (χ4n) is 2.39. The molecule has 8 heteroatoms. The lowest BCUT2D eigenvalue weighted by molar-refractivity contribution is -0.384. The fraction of sp³-hybridized carbons (Fsp3) is 0.143. The lowest BCUT2D eigenvalue weighted by Gasteiger charge is -2.11. The summed E-state index contributed by atoms with van der Waals surface area (Å²) < 4.78 is 27.3. The maximum Gasteiger partial charge on any atom is 0.269 e. The maximum absolute atomic E-state index is 12.4. The monoisotopic (exact) mass is 319 g/mol. The van der Waals surface area contributed by atoms with E-state index in [1.165, 1.54) is 24.3 Å². The molecule has 2 aromatic carbocycles. The van der Waals surface area contributed by atoms with E-state index in [1.54, 1.807) is 12.1 Å². The molecule has 0 radical (unpaired) electrons. The van der Waals surface area contributed by atoms with Gasteiger partial charge in [0.05, 0.1) is 15.5 Å². The molecule has 2 N–H and O–H groups in total. The summed E-state index contributed by atoms with van der Waals surface area (Å²) >= 11 is 0. The van der Waals surface area contributed by atoms with Gasteiger partial charge in [0.1, 0.15) is 0 Å². The smallest absolute Gasteiger partial charge is 0.269 e. The summed E-state index contributed by atoms with van der Waals surface area (Å²) in [6, 6.07) is 10.2. The number of fused-ring (bicyclic) bond motifs is 1. The maximum atomic E-state index is 12.4. The summed E-state index contributed by atoms with van der Waals surface area (Å²) in [6.07, 6.45) is 0.744. The Morgan fingerprint density at radius 3 is 2.55 bits per heavy atom. The molecule has 1 heterocycles. The van der Waals surface area contributed by atoms with E-state index in [4.69, 9.17) is 0 Å². The molecule has 3 rings (SSSR count). The van der Waals surface area contributed by atoms with Crippen LogP contribution >= 0.6 is 0 Å². The zero-order valence-corrected chi connectivity index (χ0v) is 12.3. The number of sulfonamides is 1. The molecule has 22 heavy (non-hydrogen) atoms. The summed E-state index contributed by atoms with van der Waals surface area (Å²) in [5.74, 6) is 0. The Hall–Kier alpha value is -2.61. The van der Waals surface area contributed by atoms with E-state index in [1.807, 2.05) is 6.07 Å². The van der Waals surface area contributed by atoms with Crippen molar-refractivity contribution in [3.05, 3.63) is 58.1 Å². The SMILES string of the molecule is O=[N+]([O-])c1ccc(S(=O)(=O)Nc2cccc3c2CCN3)cc1. The van der Waals surface area contributed by atoms with Gasteiger partial charge in [-0.3, -0.25) is 14.8 Å². The Balaban J connectivity index is 1.91. The van der Waals surface area contributed by atoms with Gasteiger partial charge in [-0.2, -0.15) is 0 Å². The highest BCUT2D eigenvalue weighted by Gasteiger charge is 2.20. The normalized spacial score (nSPS) is 13.3. The van der Waals surface area contributed by atoms with E-state index in [-0.39, 0.29) is 10.6 Å². The second-order valence-electron chi connectivity index (χ2n) is 4.86. The number of nitrogens with zero attached hydrogens (tertiary/aromatic N) is 1. The number of nitro groups is 1. The first-order chi connectivity index (χ1) is 10.5. The fourth-order valence-corrected chi connectivity index (χ4v) is 3.48. The highest BCUT2D eigenvalue weighted by molar-refractivity contribution is 7.92. The van der Waals surface area contributed by atoms with Crippen LogP contribution in [0.2, 0.25) is 0 Å². The number of nitro benzene ring substituents is 1. The number of anilines is 2. The molecule has 0 saturated carbocycles. The first kappa shape index (κ1) is 14.3. The molecule has 0 unspecified atom stereocenters. The molecule has 0 fully saturated rings. The van der Waals surface area contributed by atoms with Crippen LogP contribution in [0.25, 0.3) is 0 Å². The second-order valence-corrected chi connectivity index (χ2v) is 6.55. The van der Waals surface area contributed by atoms with Crippen LogP contribution in [-0.4, -0.2) is 19.9 Å². The third kappa shape index (κ3) is 2.60. The minimum absolute atomic E-state index is 0.0124. The number of nitrogens with one attached hydrogen (secondary N) is 2. The van der Waals surface area contributed by atoms with E-state index in [0.717, 1.165) is 24.2 Å². The molecule has 114 valence electrons. The summed E-state index contributed by atoms with van der Waals surface area (Å²) in [6.45, 7) is 0.769. The van der Waals surface area contributed by atoms with E-state index in [9.17, 15) is 18.5 Å². The zero-order chi connectivity index (χ0) is 15.7. The molecule has 1 aliphatic rings. The Kier molecular flexibility index (Phi) is 3.45. The van der Waals surface area contributed by atoms with Gasteiger partial charge < -0.3 is 5.32 Å². The van der Waals surface area contributed by atoms with Crippen molar-refractivity contribution < 1.29 is 13.3 Å². The van der Waals surface area contributed by atoms with Crippen LogP contribution in [-0.2, 0) is 16.4 Å². The number of hydrogen-bond donors (Lipinski definition) is 2. The minimum atomic E-state index is -3.78.